The van der Waals surface area contributed by atoms with Crippen LogP contribution in [0.25, 0.3) is 0 Å². The number of imide groups is 1. The van der Waals surface area contributed by atoms with Crippen LogP contribution in [0.2, 0.25) is 0 Å². The van der Waals surface area contributed by atoms with Crippen molar-refractivity contribution >= 4 is 40.7 Å². The molecule has 0 aliphatic carbocycles. The van der Waals surface area contributed by atoms with Gasteiger partial charge in [0.05, 0.1) is 30.8 Å². The highest BCUT2D eigenvalue weighted by Crippen LogP contribution is 2.27. The predicted molar refractivity (Wildman–Crippen MR) is 104 cm³/mol. The van der Waals surface area contributed by atoms with E-state index in [0.717, 1.165) is 9.78 Å². The molecule has 1 saturated heterocycles. The van der Waals surface area contributed by atoms with Gasteiger partial charge in [-0.1, -0.05) is 6.07 Å². The van der Waals surface area contributed by atoms with Crippen LogP contribution in [0.3, 0.4) is 0 Å². The molecule has 1 fully saturated rings. The smallest absolute Gasteiger partial charge is 0.338 e. The average molecular weight is 400 g/mol. The van der Waals surface area contributed by atoms with E-state index in [0.29, 0.717) is 11.3 Å². The fourth-order valence-corrected chi connectivity index (χ4v) is 3.81. The van der Waals surface area contributed by atoms with Crippen molar-refractivity contribution in [2.24, 2.45) is 0 Å². The van der Waals surface area contributed by atoms with E-state index < -0.39 is 17.9 Å². The first-order chi connectivity index (χ1) is 13.4. The molecular formula is C20H20N2O5S. The Hall–Kier alpha value is -3.00. The van der Waals surface area contributed by atoms with E-state index in [2.05, 4.69) is 0 Å². The summed E-state index contributed by atoms with van der Waals surface area (Å²) >= 11 is 1.49. The Balaban J connectivity index is 1.80. The number of amides is 3. The number of benzene rings is 1. The van der Waals surface area contributed by atoms with Gasteiger partial charge in [-0.25, -0.2) is 9.69 Å². The monoisotopic (exact) mass is 400 g/mol. The second-order valence-corrected chi connectivity index (χ2v) is 7.31. The molecule has 0 spiro atoms. The summed E-state index contributed by atoms with van der Waals surface area (Å²) in [4.78, 5) is 52.8. The number of anilines is 1. The topological polar surface area (TPSA) is 84.0 Å². The fraction of sp³-hybridized carbons (Fsp3) is 0.300. The van der Waals surface area contributed by atoms with Crippen molar-refractivity contribution in [3.63, 3.8) is 0 Å². The summed E-state index contributed by atoms with van der Waals surface area (Å²) in [6, 6.07) is 9.00. The summed E-state index contributed by atoms with van der Waals surface area (Å²) in [6.07, 6.45) is -0.0661. The number of rotatable bonds is 6. The number of nitrogens with zero attached hydrogens (tertiary/aromatic N) is 2. The minimum absolute atomic E-state index is 0.0661. The van der Waals surface area contributed by atoms with Gasteiger partial charge in [0.25, 0.3) is 5.91 Å². The van der Waals surface area contributed by atoms with Crippen LogP contribution in [0.4, 0.5) is 5.69 Å². The van der Waals surface area contributed by atoms with Crippen molar-refractivity contribution in [3.05, 3.63) is 52.2 Å². The molecule has 146 valence electrons. The first kappa shape index (κ1) is 19.8. The Morgan fingerprint density at radius 3 is 2.50 bits per heavy atom. The maximum absolute atomic E-state index is 12.9. The first-order valence-electron chi connectivity index (χ1n) is 8.86. The first-order valence-corrected chi connectivity index (χ1v) is 9.74. The molecule has 2 aromatic rings. The summed E-state index contributed by atoms with van der Waals surface area (Å²) in [5.74, 6) is -1.55. The number of carbonyl (C=O) groups is 4. The highest BCUT2D eigenvalue weighted by Gasteiger charge is 2.43. The van der Waals surface area contributed by atoms with Gasteiger partial charge in [-0.15, -0.1) is 11.3 Å². The number of esters is 1. The minimum Gasteiger partial charge on any atom is -0.462 e. The van der Waals surface area contributed by atoms with Gasteiger partial charge in [-0.3, -0.25) is 14.4 Å². The molecule has 28 heavy (non-hydrogen) atoms. The molecule has 0 radical (unpaired) electrons. The van der Waals surface area contributed by atoms with Crippen molar-refractivity contribution in [1.29, 1.82) is 0 Å². The average Bonchev–Trinajstić information content (AvgIpc) is 3.27. The molecular weight excluding hydrogens is 380 g/mol. The molecule has 1 aliphatic rings. The van der Waals surface area contributed by atoms with Crippen LogP contribution in [0.15, 0.2) is 41.8 Å². The molecule has 1 atom stereocenters. The van der Waals surface area contributed by atoms with Gasteiger partial charge in [0.1, 0.15) is 6.04 Å². The number of hydrogen-bond donors (Lipinski definition) is 0. The Bertz CT molecular complexity index is 892. The van der Waals surface area contributed by atoms with E-state index in [-0.39, 0.29) is 31.4 Å². The van der Waals surface area contributed by atoms with Crippen LogP contribution in [-0.4, -0.2) is 41.2 Å². The molecule has 0 N–H and O–H groups in total. The fourth-order valence-electron chi connectivity index (χ4n) is 3.10. The SMILES string of the molecule is CCOC(=O)c1ccc(N2C(=O)CC(N(Cc3cccs3)C(C)=O)C2=O)cc1. The van der Waals surface area contributed by atoms with Crippen molar-refractivity contribution in [2.75, 3.05) is 11.5 Å². The molecule has 0 bridgehead atoms. The quantitative estimate of drug-likeness (QED) is 0.550. The highest BCUT2D eigenvalue weighted by molar-refractivity contribution is 7.09. The van der Waals surface area contributed by atoms with Crippen LogP contribution < -0.4 is 4.90 Å². The number of carbonyl (C=O) groups excluding carboxylic acids is 4. The lowest BCUT2D eigenvalue weighted by atomic mass is 10.2. The van der Waals surface area contributed by atoms with Gasteiger partial charge in [-0.05, 0) is 42.6 Å². The Kier molecular flexibility index (Phi) is 5.89. The third-order valence-electron chi connectivity index (χ3n) is 4.45. The summed E-state index contributed by atoms with van der Waals surface area (Å²) in [5, 5.41) is 1.90. The second-order valence-electron chi connectivity index (χ2n) is 6.28. The van der Waals surface area contributed by atoms with Gasteiger partial charge in [0.15, 0.2) is 0 Å². The highest BCUT2D eigenvalue weighted by atomic mass is 32.1. The Labute approximate surface area is 166 Å². The van der Waals surface area contributed by atoms with Gasteiger partial charge in [-0.2, -0.15) is 0 Å². The number of hydrogen-bond acceptors (Lipinski definition) is 6. The van der Waals surface area contributed by atoms with E-state index in [4.69, 9.17) is 4.74 Å². The normalized spacial score (nSPS) is 16.4. The molecule has 2 heterocycles. The number of thiophene rings is 1. The molecule has 8 heteroatoms. The van der Waals surface area contributed by atoms with E-state index in [1.807, 2.05) is 17.5 Å². The molecule has 1 aliphatic heterocycles. The second kappa shape index (κ2) is 8.35. The summed E-state index contributed by atoms with van der Waals surface area (Å²) in [5.41, 5.74) is 0.703. The van der Waals surface area contributed by atoms with Crippen LogP contribution in [0.5, 0.6) is 0 Å². The zero-order chi connectivity index (χ0) is 20.3. The number of ether oxygens (including phenoxy) is 1. The molecule has 1 aromatic heterocycles. The standard InChI is InChI=1S/C20H20N2O5S/c1-3-27-20(26)14-6-8-15(9-7-14)22-18(24)11-17(19(22)25)21(13(2)23)12-16-5-4-10-28-16/h4-10,17H,3,11-12H2,1-2H3. The van der Waals surface area contributed by atoms with E-state index >= 15 is 0 Å². The van der Waals surface area contributed by atoms with E-state index in [9.17, 15) is 19.2 Å². The van der Waals surface area contributed by atoms with Crippen LogP contribution in [0, 0.1) is 0 Å². The zero-order valence-corrected chi connectivity index (χ0v) is 16.4. The lowest BCUT2D eigenvalue weighted by molar-refractivity contribution is -0.137. The van der Waals surface area contributed by atoms with Crippen LogP contribution >= 0.6 is 11.3 Å². The maximum atomic E-state index is 12.9. The van der Waals surface area contributed by atoms with Crippen molar-refractivity contribution in [2.45, 2.75) is 32.9 Å². The third kappa shape index (κ3) is 3.96. The summed E-state index contributed by atoms with van der Waals surface area (Å²) in [7, 11) is 0. The lowest BCUT2D eigenvalue weighted by Gasteiger charge is -2.26. The summed E-state index contributed by atoms with van der Waals surface area (Å²) < 4.78 is 4.93. The Morgan fingerprint density at radius 1 is 1.21 bits per heavy atom. The van der Waals surface area contributed by atoms with Gasteiger partial charge in [0.2, 0.25) is 11.8 Å². The molecule has 1 unspecified atom stereocenters. The summed E-state index contributed by atoms with van der Waals surface area (Å²) in [6.45, 7) is 3.65. The van der Waals surface area contributed by atoms with Gasteiger partial charge in [0, 0.05) is 11.8 Å². The zero-order valence-electron chi connectivity index (χ0n) is 15.6. The molecule has 7 nitrogen and oxygen atoms in total. The van der Waals surface area contributed by atoms with Crippen LogP contribution in [-0.2, 0) is 25.7 Å². The van der Waals surface area contributed by atoms with Crippen molar-refractivity contribution in [3.8, 4) is 0 Å². The van der Waals surface area contributed by atoms with Gasteiger partial charge < -0.3 is 9.64 Å². The maximum Gasteiger partial charge on any atom is 0.338 e. The third-order valence-corrected chi connectivity index (χ3v) is 5.31. The molecule has 0 saturated carbocycles. The predicted octanol–water partition coefficient (Wildman–Crippen LogP) is 2.61. The van der Waals surface area contributed by atoms with Gasteiger partial charge >= 0.3 is 5.97 Å². The van der Waals surface area contributed by atoms with Crippen LogP contribution in [0.1, 0.15) is 35.5 Å². The molecule has 1 aromatic carbocycles. The Morgan fingerprint density at radius 2 is 1.93 bits per heavy atom. The minimum atomic E-state index is -0.836. The largest absolute Gasteiger partial charge is 0.462 e. The van der Waals surface area contributed by atoms with Crippen molar-refractivity contribution in [1.82, 2.24) is 4.90 Å². The lowest BCUT2D eigenvalue weighted by Crippen LogP contribution is -2.44. The molecule has 3 rings (SSSR count). The van der Waals surface area contributed by atoms with E-state index in [1.165, 1.54) is 47.4 Å². The van der Waals surface area contributed by atoms with E-state index in [1.54, 1.807) is 6.92 Å². The molecule has 3 amide bonds. The van der Waals surface area contributed by atoms with Crippen molar-refractivity contribution < 1.29 is 23.9 Å².